The zero-order valence-corrected chi connectivity index (χ0v) is 18.2. The van der Waals surface area contributed by atoms with E-state index in [0.29, 0.717) is 37.6 Å². The first-order chi connectivity index (χ1) is 13.9. The average Bonchev–Trinajstić information content (AvgIpc) is 3.29. The van der Waals surface area contributed by atoms with Crippen LogP contribution in [-0.2, 0) is 23.0 Å². The van der Waals surface area contributed by atoms with E-state index in [-0.39, 0.29) is 4.90 Å². The van der Waals surface area contributed by atoms with Gasteiger partial charge in [0.2, 0.25) is 10.0 Å². The quantitative estimate of drug-likeness (QED) is 0.596. The lowest BCUT2D eigenvalue weighted by molar-refractivity contribution is 0.180. The molecule has 9 heteroatoms. The van der Waals surface area contributed by atoms with Crippen molar-refractivity contribution in [1.82, 2.24) is 19.3 Å². The van der Waals surface area contributed by atoms with E-state index in [1.165, 1.54) is 9.87 Å². The van der Waals surface area contributed by atoms with Gasteiger partial charge in [-0.3, -0.25) is 4.90 Å². The van der Waals surface area contributed by atoms with Crippen LogP contribution in [0.2, 0.25) is 0 Å². The molecule has 0 N–H and O–H groups in total. The topological polar surface area (TPSA) is 79.5 Å². The Morgan fingerprint density at radius 3 is 2.48 bits per heavy atom. The van der Waals surface area contributed by atoms with Gasteiger partial charge in [-0.25, -0.2) is 13.4 Å². The Labute approximate surface area is 175 Å². The molecule has 2 aromatic heterocycles. The molecule has 1 aliphatic rings. The van der Waals surface area contributed by atoms with Crippen molar-refractivity contribution in [3.63, 3.8) is 0 Å². The second-order valence-corrected chi connectivity index (χ2v) is 10.0. The number of thiazole rings is 1. The number of aromatic nitrogens is 2. The maximum atomic E-state index is 12.9. The number of hydrogen-bond donors (Lipinski definition) is 0. The van der Waals surface area contributed by atoms with Crippen LogP contribution in [0.25, 0.3) is 0 Å². The van der Waals surface area contributed by atoms with Gasteiger partial charge >= 0.3 is 0 Å². The van der Waals surface area contributed by atoms with Crippen molar-refractivity contribution in [2.75, 3.05) is 26.2 Å². The summed E-state index contributed by atoms with van der Waals surface area (Å²) < 4.78 is 32.4. The van der Waals surface area contributed by atoms with Crippen LogP contribution >= 0.6 is 11.3 Å². The van der Waals surface area contributed by atoms with Gasteiger partial charge in [-0.1, -0.05) is 35.5 Å². The molecule has 0 saturated carbocycles. The number of aryl methyl sites for hydroxylation is 2. The minimum atomic E-state index is -3.57. The Balaban J connectivity index is 1.35. The zero-order chi connectivity index (χ0) is 20.4. The van der Waals surface area contributed by atoms with E-state index < -0.39 is 10.0 Å². The lowest BCUT2D eigenvalue weighted by Crippen LogP contribution is -2.48. The van der Waals surface area contributed by atoms with Crippen molar-refractivity contribution in [2.45, 2.75) is 31.7 Å². The number of sulfonamides is 1. The molecule has 0 radical (unpaired) electrons. The molecule has 154 valence electrons. The van der Waals surface area contributed by atoms with Gasteiger partial charge in [0, 0.05) is 44.5 Å². The van der Waals surface area contributed by atoms with Gasteiger partial charge in [-0.05, 0) is 19.4 Å². The van der Waals surface area contributed by atoms with Crippen molar-refractivity contribution in [1.29, 1.82) is 0 Å². The monoisotopic (exact) mass is 432 g/mol. The highest BCUT2D eigenvalue weighted by molar-refractivity contribution is 7.89. The molecule has 0 unspecified atom stereocenters. The van der Waals surface area contributed by atoms with Gasteiger partial charge < -0.3 is 4.52 Å². The highest BCUT2D eigenvalue weighted by Crippen LogP contribution is 2.24. The molecule has 0 aliphatic carbocycles. The summed E-state index contributed by atoms with van der Waals surface area (Å²) in [6, 6.07) is 10.3. The largest absolute Gasteiger partial charge is 0.360 e. The molecular formula is C20H24N4O3S2. The summed E-state index contributed by atoms with van der Waals surface area (Å²) in [6.07, 6.45) is 0.842. The van der Waals surface area contributed by atoms with Crippen LogP contribution < -0.4 is 0 Å². The Bertz CT molecular complexity index is 1050. The molecule has 3 heterocycles. The lowest BCUT2D eigenvalue weighted by atomic mass is 10.2. The molecule has 7 nitrogen and oxygen atoms in total. The Hall–Kier alpha value is -2.07. The van der Waals surface area contributed by atoms with Gasteiger partial charge in [0.05, 0.1) is 10.7 Å². The van der Waals surface area contributed by atoms with Crippen LogP contribution in [-0.4, -0.2) is 53.9 Å². The fraction of sp³-hybridized carbons (Fsp3) is 0.400. The summed E-state index contributed by atoms with van der Waals surface area (Å²) >= 11 is 1.68. The maximum absolute atomic E-state index is 12.9. The number of hydrogen-bond acceptors (Lipinski definition) is 7. The second kappa shape index (κ2) is 8.35. The van der Waals surface area contributed by atoms with E-state index in [9.17, 15) is 8.42 Å². The summed E-state index contributed by atoms with van der Waals surface area (Å²) in [4.78, 5) is 7.21. The van der Waals surface area contributed by atoms with Gasteiger partial charge in [0.1, 0.15) is 10.6 Å². The summed E-state index contributed by atoms with van der Waals surface area (Å²) in [7, 11) is -3.57. The molecular weight excluding hydrogens is 408 g/mol. The fourth-order valence-corrected chi connectivity index (χ4v) is 6.13. The summed E-state index contributed by atoms with van der Waals surface area (Å²) in [5.74, 6) is 0.346. The molecule has 1 fully saturated rings. The van der Waals surface area contributed by atoms with E-state index in [1.54, 1.807) is 25.2 Å². The van der Waals surface area contributed by atoms with Crippen LogP contribution in [0.5, 0.6) is 0 Å². The Kier molecular flexibility index (Phi) is 5.82. The number of nitrogens with zero attached hydrogens (tertiary/aromatic N) is 4. The highest BCUT2D eigenvalue weighted by Gasteiger charge is 2.33. The van der Waals surface area contributed by atoms with Crippen molar-refractivity contribution < 1.29 is 12.9 Å². The number of rotatable bonds is 6. The van der Waals surface area contributed by atoms with Crippen molar-refractivity contribution >= 4 is 21.4 Å². The molecule has 0 spiro atoms. The van der Waals surface area contributed by atoms with Crippen LogP contribution in [0.15, 0.2) is 45.1 Å². The minimum Gasteiger partial charge on any atom is -0.360 e. The predicted octanol–water partition coefficient (Wildman–Crippen LogP) is 2.85. The molecule has 4 rings (SSSR count). The third kappa shape index (κ3) is 4.42. The van der Waals surface area contributed by atoms with Crippen molar-refractivity contribution in [2.24, 2.45) is 0 Å². The lowest BCUT2D eigenvalue weighted by Gasteiger charge is -2.33. The average molecular weight is 433 g/mol. The van der Waals surface area contributed by atoms with E-state index in [2.05, 4.69) is 27.6 Å². The molecule has 3 aromatic rings. The first kappa shape index (κ1) is 20.2. The molecule has 0 atom stereocenters. The van der Waals surface area contributed by atoms with Crippen LogP contribution in [0.4, 0.5) is 0 Å². The SMILES string of the molecule is Cc1noc(C)c1S(=O)(=O)N1CCN(Cc2csc(Cc3ccccc3)n2)CC1. The van der Waals surface area contributed by atoms with Crippen LogP contribution in [0.1, 0.15) is 27.7 Å². The summed E-state index contributed by atoms with van der Waals surface area (Å²) in [6.45, 7) is 6.29. The van der Waals surface area contributed by atoms with Gasteiger partial charge in [-0.2, -0.15) is 4.31 Å². The first-order valence-electron chi connectivity index (χ1n) is 9.56. The van der Waals surface area contributed by atoms with Crippen molar-refractivity contribution in [3.05, 3.63) is 63.4 Å². The molecule has 1 aromatic carbocycles. The molecule has 1 aliphatic heterocycles. The van der Waals surface area contributed by atoms with Crippen LogP contribution in [0.3, 0.4) is 0 Å². The second-order valence-electron chi connectivity index (χ2n) is 7.23. The van der Waals surface area contributed by atoms with Crippen molar-refractivity contribution in [3.8, 4) is 0 Å². The van der Waals surface area contributed by atoms with E-state index in [1.807, 2.05) is 18.2 Å². The van der Waals surface area contributed by atoms with Gasteiger partial charge in [-0.15, -0.1) is 11.3 Å². The maximum Gasteiger partial charge on any atom is 0.248 e. The molecule has 29 heavy (non-hydrogen) atoms. The summed E-state index contributed by atoms with van der Waals surface area (Å²) in [5, 5.41) is 6.99. The zero-order valence-electron chi connectivity index (χ0n) is 16.5. The highest BCUT2D eigenvalue weighted by atomic mass is 32.2. The van der Waals surface area contributed by atoms with Crippen LogP contribution in [0, 0.1) is 13.8 Å². The van der Waals surface area contributed by atoms with Gasteiger partial charge in [0.15, 0.2) is 5.76 Å². The van der Waals surface area contributed by atoms with E-state index in [4.69, 9.17) is 9.51 Å². The molecule has 0 bridgehead atoms. The minimum absolute atomic E-state index is 0.205. The van der Waals surface area contributed by atoms with Gasteiger partial charge in [0.25, 0.3) is 0 Å². The number of benzene rings is 1. The molecule has 1 saturated heterocycles. The third-order valence-corrected chi connectivity index (χ3v) is 8.12. The molecule has 0 amide bonds. The summed E-state index contributed by atoms with van der Waals surface area (Å²) in [5.41, 5.74) is 2.72. The Morgan fingerprint density at radius 2 is 1.83 bits per heavy atom. The number of piperazine rings is 1. The smallest absolute Gasteiger partial charge is 0.248 e. The Morgan fingerprint density at radius 1 is 1.10 bits per heavy atom. The normalized spacial score (nSPS) is 16.3. The third-order valence-electron chi connectivity index (χ3n) is 5.08. The van der Waals surface area contributed by atoms with E-state index in [0.717, 1.165) is 23.7 Å². The fourth-order valence-electron chi connectivity index (χ4n) is 3.60. The predicted molar refractivity (Wildman–Crippen MR) is 111 cm³/mol. The van der Waals surface area contributed by atoms with E-state index >= 15 is 0 Å². The standard InChI is InChI=1S/C20H24N4O3S2/c1-15-20(16(2)27-22-15)29(25,26)24-10-8-23(9-11-24)13-18-14-28-19(21-18)12-17-6-4-3-5-7-17/h3-7,14H,8-13H2,1-2H3. The first-order valence-corrected chi connectivity index (χ1v) is 11.9.